The Balaban J connectivity index is 1.54. The van der Waals surface area contributed by atoms with E-state index in [1.54, 1.807) is 12.1 Å². The van der Waals surface area contributed by atoms with Gasteiger partial charge < -0.3 is 14.8 Å². The van der Waals surface area contributed by atoms with E-state index in [-0.39, 0.29) is 5.82 Å². The van der Waals surface area contributed by atoms with E-state index in [2.05, 4.69) is 5.32 Å². The van der Waals surface area contributed by atoms with E-state index in [4.69, 9.17) is 4.42 Å². The highest BCUT2D eigenvalue weighted by Crippen LogP contribution is 2.22. The summed E-state index contributed by atoms with van der Waals surface area (Å²) >= 11 is 0. The second-order valence-electron chi connectivity index (χ2n) is 5.33. The number of furan rings is 1. The van der Waals surface area contributed by atoms with E-state index in [0.717, 1.165) is 16.9 Å². The topological polar surface area (TPSA) is 45.4 Å². The largest absolute Gasteiger partial charge is 0.460 e. The summed E-state index contributed by atoms with van der Waals surface area (Å²) in [5, 5.41) is 13.2. The summed E-state index contributed by atoms with van der Waals surface area (Å²) in [6, 6.07) is 19.4. The molecule has 118 valence electrons. The minimum absolute atomic E-state index is 0.267. The molecule has 23 heavy (non-hydrogen) atoms. The van der Waals surface area contributed by atoms with Crippen molar-refractivity contribution in [1.29, 1.82) is 0 Å². The van der Waals surface area contributed by atoms with Crippen LogP contribution in [0.15, 0.2) is 71.1 Å². The van der Waals surface area contributed by atoms with Crippen LogP contribution in [-0.2, 0) is 6.54 Å². The Morgan fingerprint density at radius 2 is 1.70 bits per heavy atom. The first-order valence-corrected chi connectivity index (χ1v) is 7.51. The lowest BCUT2D eigenvalue weighted by atomic mass is 10.1. The molecule has 3 nitrogen and oxygen atoms in total. The van der Waals surface area contributed by atoms with Gasteiger partial charge in [-0.05, 0) is 42.0 Å². The third kappa shape index (κ3) is 4.06. The van der Waals surface area contributed by atoms with Gasteiger partial charge in [-0.2, -0.15) is 0 Å². The molecule has 1 heterocycles. The second kappa shape index (κ2) is 7.22. The zero-order chi connectivity index (χ0) is 16.1. The van der Waals surface area contributed by atoms with Crippen molar-refractivity contribution < 1.29 is 13.9 Å². The van der Waals surface area contributed by atoms with Crippen molar-refractivity contribution in [1.82, 2.24) is 5.32 Å². The van der Waals surface area contributed by atoms with Crippen LogP contribution in [0.4, 0.5) is 4.39 Å². The standard InChI is InChI=1S/C19H18FNO2/c20-16-8-6-15(7-9-16)19-11-10-17(23-19)12-21-13-18(22)14-4-2-1-3-5-14/h1-11,18,21-22H,12-13H2/t18-/m0/s1. The number of aliphatic hydroxyl groups excluding tert-OH is 1. The summed E-state index contributed by atoms with van der Waals surface area (Å²) in [5.41, 5.74) is 1.72. The van der Waals surface area contributed by atoms with Crippen LogP contribution in [0, 0.1) is 5.82 Å². The highest BCUT2D eigenvalue weighted by molar-refractivity contribution is 5.57. The molecule has 3 rings (SSSR count). The average Bonchev–Trinajstić information content (AvgIpc) is 3.05. The van der Waals surface area contributed by atoms with Crippen LogP contribution in [0.2, 0.25) is 0 Å². The highest BCUT2D eigenvalue weighted by Gasteiger charge is 2.08. The van der Waals surface area contributed by atoms with E-state index >= 15 is 0 Å². The molecular weight excluding hydrogens is 293 g/mol. The molecule has 0 amide bonds. The molecule has 0 unspecified atom stereocenters. The van der Waals surface area contributed by atoms with Crippen LogP contribution in [0.5, 0.6) is 0 Å². The zero-order valence-corrected chi connectivity index (χ0v) is 12.6. The van der Waals surface area contributed by atoms with Crippen molar-refractivity contribution in [3.8, 4) is 11.3 Å². The fourth-order valence-corrected chi connectivity index (χ4v) is 2.37. The molecule has 0 aliphatic rings. The van der Waals surface area contributed by atoms with Gasteiger partial charge in [-0.3, -0.25) is 0 Å². The molecule has 3 aromatic rings. The summed E-state index contributed by atoms with van der Waals surface area (Å²) in [6.45, 7) is 0.960. The van der Waals surface area contributed by atoms with Crippen molar-refractivity contribution in [2.24, 2.45) is 0 Å². The van der Waals surface area contributed by atoms with Gasteiger partial charge in [0.05, 0.1) is 12.6 Å². The van der Waals surface area contributed by atoms with Crippen molar-refractivity contribution in [2.45, 2.75) is 12.6 Å². The molecular formula is C19H18FNO2. The maximum Gasteiger partial charge on any atom is 0.134 e. The lowest BCUT2D eigenvalue weighted by molar-refractivity contribution is 0.173. The molecule has 2 aromatic carbocycles. The Bertz CT molecular complexity index is 738. The molecule has 0 saturated heterocycles. The summed E-state index contributed by atoms with van der Waals surface area (Å²) in [5.74, 6) is 1.20. The van der Waals surface area contributed by atoms with Gasteiger partial charge in [-0.1, -0.05) is 30.3 Å². The Morgan fingerprint density at radius 3 is 2.43 bits per heavy atom. The van der Waals surface area contributed by atoms with E-state index in [1.165, 1.54) is 12.1 Å². The molecule has 0 fully saturated rings. The summed E-state index contributed by atoms with van der Waals surface area (Å²) in [7, 11) is 0. The molecule has 1 atom stereocenters. The van der Waals surface area contributed by atoms with Gasteiger partial charge in [0.1, 0.15) is 17.3 Å². The highest BCUT2D eigenvalue weighted by atomic mass is 19.1. The average molecular weight is 311 g/mol. The van der Waals surface area contributed by atoms with Gasteiger partial charge in [0.15, 0.2) is 0 Å². The third-order valence-corrected chi connectivity index (χ3v) is 3.61. The summed E-state index contributed by atoms with van der Waals surface area (Å²) < 4.78 is 18.7. The van der Waals surface area contributed by atoms with Crippen LogP contribution in [0.25, 0.3) is 11.3 Å². The Hall–Kier alpha value is -2.43. The minimum atomic E-state index is -0.553. The van der Waals surface area contributed by atoms with Crippen molar-refractivity contribution in [3.05, 3.63) is 83.9 Å². The van der Waals surface area contributed by atoms with Crippen molar-refractivity contribution in [3.63, 3.8) is 0 Å². The van der Waals surface area contributed by atoms with Crippen LogP contribution < -0.4 is 5.32 Å². The number of aliphatic hydroxyl groups is 1. The first-order valence-electron chi connectivity index (χ1n) is 7.51. The first kappa shape index (κ1) is 15.5. The van der Waals surface area contributed by atoms with E-state index in [1.807, 2.05) is 42.5 Å². The predicted molar refractivity (Wildman–Crippen MR) is 87.2 cm³/mol. The first-order chi connectivity index (χ1) is 11.2. The Labute approximate surface area is 134 Å². The molecule has 2 N–H and O–H groups in total. The maximum absolute atomic E-state index is 12.9. The predicted octanol–water partition coefficient (Wildman–Crippen LogP) is 3.91. The van der Waals surface area contributed by atoms with Crippen molar-refractivity contribution >= 4 is 0 Å². The van der Waals surface area contributed by atoms with Gasteiger partial charge in [-0.15, -0.1) is 0 Å². The molecule has 0 aliphatic heterocycles. The molecule has 4 heteroatoms. The molecule has 0 saturated carbocycles. The summed E-state index contributed by atoms with van der Waals surface area (Å²) in [6.07, 6.45) is -0.553. The van der Waals surface area contributed by atoms with Gasteiger partial charge in [0.2, 0.25) is 0 Å². The van der Waals surface area contributed by atoms with Crippen molar-refractivity contribution in [2.75, 3.05) is 6.54 Å². The van der Waals surface area contributed by atoms with E-state index < -0.39 is 6.10 Å². The lowest BCUT2D eigenvalue weighted by Gasteiger charge is -2.11. The van der Waals surface area contributed by atoms with E-state index in [9.17, 15) is 9.50 Å². The van der Waals surface area contributed by atoms with E-state index in [0.29, 0.717) is 18.8 Å². The Morgan fingerprint density at radius 1 is 0.957 bits per heavy atom. The fraction of sp³-hybridized carbons (Fsp3) is 0.158. The van der Waals surface area contributed by atoms with Crippen LogP contribution in [0.1, 0.15) is 17.4 Å². The third-order valence-electron chi connectivity index (χ3n) is 3.61. The number of nitrogens with one attached hydrogen (secondary N) is 1. The molecule has 0 radical (unpaired) electrons. The van der Waals surface area contributed by atoms with Gasteiger partial charge in [0.25, 0.3) is 0 Å². The monoisotopic (exact) mass is 311 g/mol. The smallest absolute Gasteiger partial charge is 0.134 e. The normalized spacial score (nSPS) is 12.3. The SMILES string of the molecule is O[C@@H](CNCc1ccc(-c2ccc(F)cc2)o1)c1ccccc1. The van der Waals surface area contributed by atoms with Gasteiger partial charge in [-0.25, -0.2) is 4.39 Å². The van der Waals surface area contributed by atoms with Gasteiger partial charge in [0, 0.05) is 12.1 Å². The van der Waals surface area contributed by atoms with Gasteiger partial charge >= 0.3 is 0 Å². The quantitative estimate of drug-likeness (QED) is 0.725. The summed E-state index contributed by atoms with van der Waals surface area (Å²) in [4.78, 5) is 0. The molecule has 1 aromatic heterocycles. The number of halogens is 1. The number of benzene rings is 2. The molecule has 0 aliphatic carbocycles. The number of rotatable bonds is 6. The minimum Gasteiger partial charge on any atom is -0.460 e. The maximum atomic E-state index is 12.9. The Kier molecular flexibility index (Phi) is 4.86. The second-order valence-corrected chi connectivity index (χ2v) is 5.33. The van der Waals surface area contributed by atoms with Crippen LogP contribution in [0.3, 0.4) is 0 Å². The fourth-order valence-electron chi connectivity index (χ4n) is 2.37. The number of hydrogen-bond donors (Lipinski definition) is 2. The van der Waals surface area contributed by atoms with Crippen LogP contribution in [-0.4, -0.2) is 11.7 Å². The zero-order valence-electron chi connectivity index (χ0n) is 12.6. The lowest BCUT2D eigenvalue weighted by Crippen LogP contribution is -2.20. The molecule has 0 bridgehead atoms. The number of hydrogen-bond acceptors (Lipinski definition) is 3. The van der Waals surface area contributed by atoms with Crippen LogP contribution >= 0.6 is 0 Å². The molecule has 0 spiro atoms.